The largest absolute Gasteiger partial charge is 0.192 e. The van der Waals surface area contributed by atoms with E-state index in [0.717, 1.165) is 0 Å². The average molecular weight is 329 g/mol. The van der Waals surface area contributed by atoms with Crippen LogP contribution in [0.4, 0.5) is 0 Å². The molecule has 0 unspecified atom stereocenters. The van der Waals surface area contributed by atoms with Gasteiger partial charge in [0.05, 0.1) is 25.9 Å². The molecule has 0 bridgehead atoms. The van der Waals surface area contributed by atoms with Crippen LogP contribution in [0, 0.1) is 12.3 Å². The molecule has 0 nitrogen and oxygen atoms in total. The van der Waals surface area contributed by atoms with Gasteiger partial charge in [-0.2, -0.15) is 0 Å². The zero-order chi connectivity index (χ0) is 17.0. The van der Waals surface area contributed by atoms with Crippen LogP contribution in [-0.2, 0) is 5.16 Å². The summed E-state index contributed by atoms with van der Waals surface area (Å²) in [6.45, 7) is 4.70. The van der Waals surface area contributed by atoms with Crippen molar-refractivity contribution in [3.63, 3.8) is 0 Å². The van der Waals surface area contributed by atoms with Crippen LogP contribution in [0.25, 0.3) is 0 Å². The molecular formula is C23H22P+. The Hall–Kier alpha value is -2.35. The molecule has 0 amide bonds. The average Bonchev–Trinajstić information content (AvgIpc) is 2.65. The number of rotatable bonds is 4. The van der Waals surface area contributed by atoms with Crippen molar-refractivity contribution in [3.05, 3.63) is 102 Å². The lowest BCUT2D eigenvalue weighted by Crippen LogP contribution is -2.34. The van der Waals surface area contributed by atoms with Gasteiger partial charge in [0, 0.05) is 11.1 Å². The molecule has 0 fully saturated rings. The van der Waals surface area contributed by atoms with Gasteiger partial charge < -0.3 is 0 Å². The highest BCUT2D eigenvalue weighted by Gasteiger charge is 2.54. The Morgan fingerprint density at radius 2 is 1.04 bits per heavy atom. The summed E-state index contributed by atoms with van der Waals surface area (Å²) < 4.78 is 0. The molecule has 0 aliphatic rings. The van der Waals surface area contributed by atoms with E-state index in [4.69, 9.17) is 6.42 Å². The molecule has 0 saturated carbocycles. The second-order valence-electron chi connectivity index (χ2n) is 6.38. The van der Waals surface area contributed by atoms with Gasteiger partial charge in [0.2, 0.25) is 0 Å². The summed E-state index contributed by atoms with van der Waals surface area (Å²) in [5, 5.41) is 0.910. The van der Waals surface area contributed by atoms with E-state index in [1.807, 2.05) is 12.1 Å². The van der Waals surface area contributed by atoms with Gasteiger partial charge in [-0.05, 0) is 18.1 Å². The fourth-order valence-electron chi connectivity index (χ4n) is 3.49. The topological polar surface area (TPSA) is 0 Å². The minimum Gasteiger partial charge on any atom is -0.115 e. The quantitative estimate of drug-likeness (QED) is 0.458. The summed E-state index contributed by atoms with van der Waals surface area (Å²) in [6.07, 6.45) is 6.27. The molecule has 0 atom stereocenters. The second-order valence-corrected chi connectivity index (χ2v) is 10.5. The van der Waals surface area contributed by atoms with E-state index < -0.39 is 12.4 Å². The Bertz CT molecular complexity index is 788. The molecule has 0 saturated heterocycles. The minimum atomic E-state index is -1.72. The van der Waals surface area contributed by atoms with E-state index >= 15 is 0 Å². The van der Waals surface area contributed by atoms with Gasteiger partial charge in [-0.1, -0.05) is 78.9 Å². The van der Waals surface area contributed by atoms with Crippen LogP contribution in [0.15, 0.2) is 91.0 Å². The molecule has 0 heterocycles. The molecule has 0 spiro atoms. The summed E-state index contributed by atoms with van der Waals surface area (Å²) in [4.78, 5) is 0. The first-order valence-electron chi connectivity index (χ1n) is 8.11. The van der Waals surface area contributed by atoms with Gasteiger partial charge in [-0.25, -0.2) is 0 Å². The van der Waals surface area contributed by atoms with Crippen LogP contribution in [0.5, 0.6) is 0 Å². The minimum absolute atomic E-state index is 0.434. The third-order valence-corrected chi connectivity index (χ3v) is 8.74. The monoisotopic (exact) mass is 329 g/mol. The molecule has 3 rings (SSSR count). The molecule has 0 N–H and O–H groups in total. The zero-order valence-corrected chi connectivity index (χ0v) is 15.1. The van der Waals surface area contributed by atoms with E-state index in [9.17, 15) is 0 Å². The summed E-state index contributed by atoms with van der Waals surface area (Å²) in [5.41, 5.74) is 2.39. The van der Waals surface area contributed by atoms with Gasteiger partial charge in [0.25, 0.3) is 0 Å². The molecule has 118 valence electrons. The fraction of sp³-hybridized carbons (Fsp3) is 0.130. The first-order chi connectivity index (χ1) is 11.6. The molecule has 0 aliphatic carbocycles. The van der Waals surface area contributed by atoms with Crippen molar-refractivity contribution in [1.82, 2.24) is 0 Å². The Morgan fingerprint density at radius 3 is 1.42 bits per heavy atom. The Balaban J connectivity index is 2.33. The highest BCUT2D eigenvalue weighted by Crippen LogP contribution is 2.69. The van der Waals surface area contributed by atoms with Gasteiger partial charge in [-0.3, -0.25) is 0 Å². The lowest BCUT2D eigenvalue weighted by atomic mass is 9.91. The van der Waals surface area contributed by atoms with E-state index in [1.54, 1.807) is 0 Å². The van der Waals surface area contributed by atoms with Gasteiger partial charge in [-0.15, -0.1) is 6.42 Å². The predicted octanol–water partition coefficient (Wildman–Crippen LogP) is 5.17. The molecule has 1 heteroatoms. The standard InChI is InChI=1S/C23H22P/c1-4-23(20-14-8-5-9-15-20,21-16-10-6-11-17-21)24(2,3)22-18-12-7-13-19-22/h1,5-19H,2-3H3/q+1. The number of benzene rings is 3. The van der Waals surface area contributed by atoms with E-state index in [1.165, 1.54) is 16.4 Å². The third-order valence-electron chi connectivity index (χ3n) is 4.83. The van der Waals surface area contributed by atoms with Crippen molar-refractivity contribution in [1.29, 1.82) is 0 Å². The zero-order valence-electron chi connectivity index (χ0n) is 14.2. The number of terminal acetylenes is 1. The van der Waals surface area contributed by atoms with Crippen LogP contribution in [0.2, 0.25) is 0 Å². The fourth-order valence-corrected chi connectivity index (χ4v) is 6.71. The van der Waals surface area contributed by atoms with Crippen LogP contribution in [0.1, 0.15) is 11.1 Å². The maximum absolute atomic E-state index is 6.27. The highest BCUT2D eigenvalue weighted by molar-refractivity contribution is 7.83. The Kier molecular flexibility index (Phi) is 4.57. The van der Waals surface area contributed by atoms with E-state index in [0.29, 0.717) is 0 Å². The molecule has 0 aliphatic heterocycles. The smallest absolute Gasteiger partial charge is 0.115 e. The summed E-state index contributed by atoms with van der Waals surface area (Å²) in [6, 6.07) is 31.8. The van der Waals surface area contributed by atoms with Crippen molar-refractivity contribution >= 4 is 12.6 Å². The highest BCUT2D eigenvalue weighted by atomic mass is 31.2. The molecule has 0 aromatic heterocycles. The van der Waals surface area contributed by atoms with Crippen molar-refractivity contribution in [2.24, 2.45) is 0 Å². The van der Waals surface area contributed by atoms with E-state index in [2.05, 4.69) is 98.1 Å². The molecule has 3 aromatic carbocycles. The van der Waals surface area contributed by atoms with Crippen LogP contribution >= 0.6 is 7.26 Å². The summed E-state index contributed by atoms with van der Waals surface area (Å²) in [7, 11) is -1.72. The van der Waals surface area contributed by atoms with Crippen molar-refractivity contribution < 1.29 is 0 Å². The molecular weight excluding hydrogens is 307 g/mol. The normalized spacial score (nSPS) is 11.7. The number of hydrogen-bond donors (Lipinski definition) is 0. The molecule has 0 radical (unpaired) electrons. The van der Waals surface area contributed by atoms with Crippen molar-refractivity contribution in [2.45, 2.75) is 5.16 Å². The lowest BCUT2D eigenvalue weighted by molar-refractivity contribution is 0.950. The Morgan fingerprint density at radius 1 is 0.667 bits per heavy atom. The first kappa shape index (κ1) is 16.5. The number of hydrogen-bond acceptors (Lipinski definition) is 0. The summed E-state index contributed by atoms with van der Waals surface area (Å²) >= 11 is 0. The van der Waals surface area contributed by atoms with Gasteiger partial charge >= 0.3 is 0 Å². The SMILES string of the molecule is C#CC(c1ccccc1)(c1ccccc1)[P+](C)(C)c1ccccc1. The van der Waals surface area contributed by atoms with Crippen LogP contribution in [-0.4, -0.2) is 13.3 Å². The Labute approximate surface area is 145 Å². The van der Waals surface area contributed by atoms with E-state index in [-0.39, 0.29) is 0 Å². The lowest BCUT2D eigenvalue weighted by Gasteiger charge is -2.38. The van der Waals surface area contributed by atoms with Crippen molar-refractivity contribution in [3.8, 4) is 12.3 Å². The van der Waals surface area contributed by atoms with Crippen LogP contribution in [0.3, 0.4) is 0 Å². The predicted molar refractivity (Wildman–Crippen MR) is 107 cm³/mol. The third kappa shape index (κ3) is 2.56. The van der Waals surface area contributed by atoms with Gasteiger partial charge in [0.15, 0.2) is 5.16 Å². The first-order valence-corrected chi connectivity index (χ1v) is 10.8. The molecule has 3 aromatic rings. The summed E-state index contributed by atoms with van der Waals surface area (Å²) in [5.74, 6) is 3.24. The van der Waals surface area contributed by atoms with Gasteiger partial charge in [0.1, 0.15) is 0 Å². The maximum Gasteiger partial charge on any atom is 0.192 e. The second kappa shape index (κ2) is 6.64. The molecule has 24 heavy (non-hydrogen) atoms. The van der Waals surface area contributed by atoms with Crippen molar-refractivity contribution in [2.75, 3.05) is 13.3 Å². The maximum atomic E-state index is 6.27. The van der Waals surface area contributed by atoms with Crippen LogP contribution < -0.4 is 5.30 Å².